The molecule has 0 fully saturated rings. The minimum Gasteiger partial charge on any atom is -0.356 e. The molecule has 1 aromatic carbocycles. The summed E-state index contributed by atoms with van der Waals surface area (Å²) in [6.45, 7) is 2.59. The van der Waals surface area contributed by atoms with Crippen LogP contribution in [0.3, 0.4) is 0 Å². The van der Waals surface area contributed by atoms with E-state index in [0.717, 1.165) is 5.69 Å². The fraction of sp³-hybridized carbons (Fsp3) is 0.250. The van der Waals surface area contributed by atoms with E-state index in [4.69, 9.17) is 0 Å². The second kappa shape index (κ2) is 7.28. The predicted octanol–water partition coefficient (Wildman–Crippen LogP) is 1.73. The maximum Gasteiger partial charge on any atom is 0.251 e. The zero-order valence-corrected chi connectivity index (χ0v) is 12.0. The summed E-state index contributed by atoms with van der Waals surface area (Å²) in [5.41, 5.74) is 1.65. The molecular formula is C16H19N3O2. The minimum atomic E-state index is -0.100. The topological polar surface area (TPSA) is 63.1 Å². The van der Waals surface area contributed by atoms with Gasteiger partial charge in [-0.2, -0.15) is 0 Å². The van der Waals surface area contributed by atoms with Gasteiger partial charge in [0, 0.05) is 43.7 Å². The number of hydrogen-bond acceptors (Lipinski definition) is 2. The molecule has 0 aliphatic heterocycles. The summed E-state index contributed by atoms with van der Waals surface area (Å²) < 4.78 is 1.98. The SMILES string of the molecule is CC(=O)NCCCNC(=O)c1ccc(-n2cccc2)cc1. The number of benzene rings is 1. The maximum atomic E-state index is 11.9. The van der Waals surface area contributed by atoms with Gasteiger partial charge in [-0.05, 0) is 42.8 Å². The van der Waals surface area contributed by atoms with Crippen molar-refractivity contribution in [2.45, 2.75) is 13.3 Å². The Bertz CT molecular complexity index is 588. The molecule has 0 aliphatic rings. The van der Waals surface area contributed by atoms with Crippen molar-refractivity contribution in [2.75, 3.05) is 13.1 Å². The average Bonchev–Trinajstić information content (AvgIpc) is 3.01. The first-order chi connectivity index (χ1) is 10.2. The first-order valence-corrected chi connectivity index (χ1v) is 6.93. The highest BCUT2D eigenvalue weighted by atomic mass is 16.2. The number of carbonyl (C=O) groups is 2. The Morgan fingerprint density at radius 1 is 1.00 bits per heavy atom. The molecule has 1 aromatic heterocycles. The lowest BCUT2D eigenvalue weighted by Gasteiger charge is -2.07. The van der Waals surface area contributed by atoms with Crippen molar-refractivity contribution in [3.05, 3.63) is 54.4 Å². The normalized spacial score (nSPS) is 10.1. The van der Waals surface area contributed by atoms with Gasteiger partial charge in [0.1, 0.15) is 0 Å². The molecule has 2 N–H and O–H groups in total. The van der Waals surface area contributed by atoms with E-state index in [-0.39, 0.29) is 11.8 Å². The summed E-state index contributed by atoms with van der Waals surface area (Å²) in [5.74, 6) is -0.154. The van der Waals surface area contributed by atoms with E-state index in [2.05, 4.69) is 10.6 Å². The van der Waals surface area contributed by atoms with Crippen LogP contribution in [-0.2, 0) is 4.79 Å². The average molecular weight is 285 g/mol. The molecule has 5 nitrogen and oxygen atoms in total. The number of amides is 2. The van der Waals surface area contributed by atoms with Crippen LogP contribution >= 0.6 is 0 Å². The van der Waals surface area contributed by atoms with Crippen LogP contribution in [0.5, 0.6) is 0 Å². The van der Waals surface area contributed by atoms with E-state index in [9.17, 15) is 9.59 Å². The van der Waals surface area contributed by atoms with Gasteiger partial charge in [-0.25, -0.2) is 0 Å². The molecule has 0 atom stereocenters. The largest absolute Gasteiger partial charge is 0.356 e. The molecule has 0 saturated carbocycles. The Labute approximate surface area is 124 Å². The summed E-state index contributed by atoms with van der Waals surface area (Å²) in [5, 5.41) is 5.52. The van der Waals surface area contributed by atoms with Crippen molar-refractivity contribution >= 4 is 11.8 Å². The summed E-state index contributed by atoms with van der Waals surface area (Å²) in [6.07, 6.45) is 4.63. The van der Waals surface area contributed by atoms with E-state index < -0.39 is 0 Å². The first-order valence-electron chi connectivity index (χ1n) is 6.93. The molecule has 2 amide bonds. The van der Waals surface area contributed by atoms with Gasteiger partial charge in [0.05, 0.1) is 0 Å². The third kappa shape index (κ3) is 4.49. The molecule has 2 aromatic rings. The fourth-order valence-corrected chi connectivity index (χ4v) is 1.95. The summed E-state index contributed by atoms with van der Waals surface area (Å²) in [6, 6.07) is 11.3. The van der Waals surface area contributed by atoms with Crippen LogP contribution in [0.4, 0.5) is 0 Å². The van der Waals surface area contributed by atoms with Crippen LogP contribution < -0.4 is 10.6 Å². The van der Waals surface area contributed by atoms with E-state index in [1.54, 1.807) is 12.1 Å². The maximum absolute atomic E-state index is 11.9. The monoisotopic (exact) mass is 285 g/mol. The second-order valence-corrected chi connectivity index (χ2v) is 4.73. The number of nitrogens with one attached hydrogen (secondary N) is 2. The van der Waals surface area contributed by atoms with Crippen LogP contribution in [0.15, 0.2) is 48.8 Å². The standard InChI is InChI=1S/C16H19N3O2/c1-13(20)17-9-4-10-18-16(21)14-5-7-15(8-6-14)19-11-2-3-12-19/h2-3,5-8,11-12H,4,9-10H2,1H3,(H,17,20)(H,18,21). The molecule has 110 valence electrons. The highest BCUT2D eigenvalue weighted by molar-refractivity contribution is 5.94. The van der Waals surface area contributed by atoms with Gasteiger partial charge < -0.3 is 15.2 Å². The zero-order valence-electron chi connectivity index (χ0n) is 12.0. The van der Waals surface area contributed by atoms with Crippen LogP contribution in [0, 0.1) is 0 Å². The molecule has 0 aliphatic carbocycles. The Kier molecular flexibility index (Phi) is 5.15. The lowest BCUT2D eigenvalue weighted by atomic mass is 10.2. The van der Waals surface area contributed by atoms with Gasteiger partial charge in [0.15, 0.2) is 0 Å². The van der Waals surface area contributed by atoms with Gasteiger partial charge in [-0.3, -0.25) is 9.59 Å². The third-order valence-electron chi connectivity index (χ3n) is 3.05. The smallest absolute Gasteiger partial charge is 0.251 e. The molecule has 1 heterocycles. The van der Waals surface area contributed by atoms with Gasteiger partial charge in [-0.1, -0.05) is 0 Å². The van der Waals surface area contributed by atoms with Gasteiger partial charge in [0.2, 0.25) is 5.91 Å². The van der Waals surface area contributed by atoms with Crippen molar-refractivity contribution in [1.82, 2.24) is 15.2 Å². The Morgan fingerprint density at radius 3 is 2.24 bits per heavy atom. The Morgan fingerprint density at radius 2 is 1.62 bits per heavy atom. The Hall–Kier alpha value is -2.56. The highest BCUT2D eigenvalue weighted by Gasteiger charge is 2.04. The quantitative estimate of drug-likeness (QED) is 0.794. The van der Waals surface area contributed by atoms with E-state index in [1.165, 1.54) is 6.92 Å². The molecule has 0 spiro atoms. The van der Waals surface area contributed by atoms with Crippen LogP contribution in [-0.4, -0.2) is 29.5 Å². The number of nitrogens with zero attached hydrogens (tertiary/aromatic N) is 1. The van der Waals surface area contributed by atoms with Crippen molar-refractivity contribution in [1.29, 1.82) is 0 Å². The first kappa shape index (κ1) is 14.8. The number of aromatic nitrogens is 1. The zero-order chi connectivity index (χ0) is 15.1. The molecule has 21 heavy (non-hydrogen) atoms. The van der Waals surface area contributed by atoms with Crippen LogP contribution in [0.1, 0.15) is 23.7 Å². The highest BCUT2D eigenvalue weighted by Crippen LogP contribution is 2.09. The summed E-state index contributed by atoms with van der Waals surface area (Å²) >= 11 is 0. The molecule has 0 radical (unpaired) electrons. The fourth-order valence-electron chi connectivity index (χ4n) is 1.95. The molecule has 0 bridgehead atoms. The lowest BCUT2D eigenvalue weighted by Crippen LogP contribution is -2.28. The number of hydrogen-bond donors (Lipinski definition) is 2. The summed E-state index contributed by atoms with van der Waals surface area (Å²) in [4.78, 5) is 22.6. The molecule has 5 heteroatoms. The second-order valence-electron chi connectivity index (χ2n) is 4.73. The van der Waals surface area contributed by atoms with Crippen molar-refractivity contribution in [3.63, 3.8) is 0 Å². The third-order valence-corrected chi connectivity index (χ3v) is 3.05. The Balaban J connectivity index is 1.81. The minimum absolute atomic E-state index is 0.0538. The molecular weight excluding hydrogens is 266 g/mol. The van der Waals surface area contributed by atoms with Crippen molar-refractivity contribution in [3.8, 4) is 5.69 Å². The van der Waals surface area contributed by atoms with Gasteiger partial charge in [-0.15, -0.1) is 0 Å². The number of carbonyl (C=O) groups excluding carboxylic acids is 2. The molecule has 0 unspecified atom stereocenters. The molecule has 2 rings (SSSR count). The van der Waals surface area contributed by atoms with E-state index >= 15 is 0 Å². The van der Waals surface area contributed by atoms with Crippen LogP contribution in [0.25, 0.3) is 5.69 Å². The van der Waals surface area contributed by atoms with Gasteiger partial charge >= 0.3 is 0 Å². The van der Waals surface area contributed by atoms with Crippen molar-refractivity contribution in [2.24, 2.45) is 0 Å². The van der Waals surface area contributed by atoms with Crippen LogP contribution in [0.2, 0.25) is 0 Å². The van der Waals surface area contributed by atoms with Crippen molar-refractivity contribution < 1.29 is 9.59 Å². The van der Waals surface area contributed by atoms with E-state index in [0.29, 0.717) is 25.1 Å². The van der Waals surface area contributed by atoms with E-state index in [1.807, 2.05) is 41.2 Å². The lowest BCUT2D eigenvalue weighted by molar-refractivity contribution is -0.118. The van der Waals surface area contributed by atoms with Gasteiger partial charge in [0.25, 0.3) is 5.91 Å². The molecule has 0 saturated heterocycles. The predicted molar refractivity (Wildman–Crippen MR) is 81.4 cm³/mol. The number of rotatable bonds is 6. The summed E-state index contributed by atoms with van der Waals surface area (Å²) in [7, 11) is 0.